The summed E-state index contributed by atoms with van der Waals surface area (Å²) < 4.78 is 5.91. The summed E-state index contributed by atoms with van der Waals surface area (Å²) in [6.45, 7) is 6.36. The molecule has 1 N–H and O–H groups in total. The molecule has 1 unspecified atom stereocenters. The third kappa shape index (κ3) is 3.82. The van der Waals surface area contributed by atoms with Gasteiger partial charge in [0.25, 0.3) is 0 Å². The molecule has 1 rings (SSSR count). The molecule has 0 saturated heterocycles. The Kier molecular flexibility index (Phi) is 4.14. The van der Waals surface area contributed by atoms with Crippen molar-refractivity contribution in [2.24, 2.45) is 5.92 Å². The van der Waals surface area contributed by atoms with Crippen LogP contribution in [0.2, 0.25) is 0 Å². The van der Waals surface area contributed by atoms with Gasteiger partial charge in [0.2, 0.25) is 0 Å². The van der Waals surface area contributed by atoms with E-state index in [1.54, 1.807) is 0 Å². The van der Waals surface area contributed by atoms with E-state index >= 15 is 0 Å². The smallest absolute Gasteiger partial charge is 0.306 e. The lowest BCUT2D eigenvalue weighted by Gasteiger charge is -2.42. The first-order valence-corrected chi connectivity index (χ1v) is 5.83. The van der Waals surface area contributed by atoms with Gasteiger partial charge in [-0.2, -0.15) is 0 Å². The molecular formula is C12H22O3. The van der Waals surface area contributed by atoms with Crippen LogP contribution in [0.25, 0.3) is 0 Å². The molecule has 88 valence electrons. The molecule has 0 aromatic rings. The highest BCUT2D eigenvalue weighted by Gasteiger charge is 2.41. The van der Waals surface area contributed by atoms with Gasteiger partial charge in [-0.3, -0.25) is 4.79 Å². The number of rotatable bonds is 6. The summed E-state index contributed by atoms with van der Waals surface area (Å²) in [6, 6.07) is 0. The number of hydrogen-bond acceptors (Lipinski definition) is 2. The van der Waals surface area contributed by atoms with Gasteiger partial charge in [0, 0.05) is 0 Å². The lowest BCUT2D eigenvalue weighted by atomic mass is 9.77. The molecule has 0 aromatic carbocycles. The molecule has 0 radical (unpaired) electrons. The fraction of sp³-hybridized carbons (Fsp3) is 0.917. The first-order valence-electron chi connectivity index (χ1n) is 5.83. The van der Waals surface area contributed by atoms with E-state index < -0.39 is 5.97 Å². The highest BCUT2D eigenvalue weighted by atomic mass is 16.5. The Morgan fingerprint density at radius 3 is 2.33 bits per heavy atom. The van der Waals surface area contributed by atoms with Crippen LogP contribution in [0.4, 0.5) is 0 Å². The van der Waals surface area contributed by atoms with E-state index in [1.165, 1.54) is 0 Å². The normalized spacial score (nSPS) is 21.1. The molecule has 3 nitrogen and oxygen atoms in total. The molecule has 0 amide bonds. The Hall–Kier alpha value is -0.570. The van der Waals surface area contributed by atoms with Crippen LogP contribution in [-0.2, 0) is 9.53 Å². The first-order chi connectivity index (χ1) is 6.93. The van der Waals surface area contributed by atoms with Gasteiger partial charge in [-0.05, 0) is 38.5 Å². The van der Waals surface area contributed by atoms with Crippen molar-refractivity contribution >= 4 is 5.97 Å². The zero-order valence-corrected chi connectivity index (χ0v) is 9.95. The fourth-order valence-electron chi connectivity index (χ4n) is 2.32. The van der Waals surface area contributed by atoms with Gasteiger partial charge in [0.05, 0.1) is 18.1 Å². The van der Waals surface area contributed by atoms with Crippen molar-refractivity contribution in [3.63, 3.8) is 0 Å². The van der Waals surface area contributed by atoms with Crippen molar-refractivity contribution in [2.75, 3.05) is 0 Å². The maximum Gasteiger partial charge on any atom is 0.306 e. The molecule has 1 aliphatic rings. The molecule has 0 bridgehead atoms. The van der Waals surface area contributed by atoms with Crippen LogP contribution >= 0.6 is 0 Å². The molecule has 1 aliphatic carbocycles. The molecule has 3 heteroatoms. The SMILES string of the molecule is CC(C)CC(C)OC1(CC(=O)O)CCC1. The lowest BCUT2D eigenvalue weighted by molar-refractivity contribution is -0.165. The van der Waals surface area contributed by atoms with E-state index in [9.17, 15) is 4.79 Å². The average molecular weight is 214 g/mol. The molecule has 1 fully saturated rings. The molecule has 1 atom stereocenters. The van der Waals surface area contributed by atoms with Crippen LogP contribution in [0.1, 0.15) is 52.9 Å². The minimum Gasteiger partial charge on any atom is -0.481 e. The van der Waals surface area contributed by atoms with Crippen molar-refractivity contribution < 1.29 is 14.6 Å². The van der Waals surface area contributed by atoms with Crippen molar-refractivity contribution in [3.8, 4) is 0 Å². The number of ether oxygens (including phenoxy) is 1. The zero-order valence-electron chi connectivity index (χ0n) is 9.95. The highest BCUT2D eigenvalue weighted by molar-refractivity contribution is 5.68. The zero-order chi connectivity index (χ0) is 11.5. The van der Waals surface area contributed by atoms with Gasteiger partial charge < -0.3 is 9.84 Å². The molecular weight excluding hydrogens is 192 g/mol. The summed E-state index contributed by atoms with van der Waals surface area (Å²) in [4.78, 5) is 10.7. The number of aliphatic carboxylic acids is 1. The molecule has 0 spiro atoms. The third-order valence-corrected chi connectivity index (χ3v) is 2.99. The van der Waals surface area contributed by atoms with E-state index in [0.29, 0.717) is 5.92 Å². The highest BCUT2D eigenvalue weighted by Crippen LogP contribution is 2.40. The largest absolute Gasteiger partial charge is 0.481 e. The average Bonchev–Trinajstić information content (AvgIpc) is 1.97. The summed E-state index contributed by atoms with van der Waals surface area (Å²) in [5, 5.41) is 8.83. The van der Waals surface area contributed by atoms with Crippen molar-refractivity contribution in [2.45, 2.75) is 64.6 Å². The Morgan fingerprint density at radius 1 is 1.40 bits per heavy atom. The van der Waals surface area contributed by atoms with Gasteiger partial charge in [-0.1, -0.05) is 13.8 Å². The number of hydrogen-bond donors (Lipinski definition) is 1. The number of carbonyl (C=O) groups is 1. The van der Waals surface area contributed by atoms with Crippen molar-refractivity contribution in [3.05, 3.63) is 0 Å². The van der Waals surface area contributed by atoms with Crippen molar-refractivity contribution in [1.82, 2.24) is 0 Å². The van der Waals surface area contributed by atoms with Crippen LogP contribution in [0.15, 0.2) is 0 Å². The summed E-state index contributed by atoms with van der Waals surface area (Å²) in [6.07, 6.45) is 4.24. The second-order valence-corrected chi connectivity index (χ2v) is 5.17. The molecule has 0 aliphatic heterocycles. The second kappa shape index (κ2) is 4.97. The third-order valence-electron chi connectivity index (χ3n) is 2.99. The van der Waals surface area contributed by atoms with Crippen LogP contribution in [0, 0.1) is 5.92 Å². The predicted octanol–water partition coefficient (Wildman–Crippen LogP) is 2.84. The summed E-state index contributed by atoms with van der Waals surface area (Å²) >= 11 is 0. The Morgan fingerprint density at radius 2 is 2.00 bits per heavy atom. The predicted molar refractivity (Wildman–Crippen MR) is 58.8 cm³/mol. The molecule has 15 heavy (non-hydrogen) atoms. The van der Waals surface area contributed by atoms with E-state index in [0.717, 1.165) is 25.7 Å². The van der Waals surface area contributed by atoms with Gasteiger partial charge in [-0.25, -0.2) is 0 Å². The Labute approximate surface area is 91.8 Å². The lowest BCUT2D eigenvalue weighted by Crippen LogP contribution is -2.44. The topological polar surface area (TPSA) is 46.5 Å². The van der Waals surface area contributed by atoms with E-state index in [2.05, 4.69) is 13.8 Å². The standard InChI is InChI=1S/C12H22O3/c1-9(2)7-10(3)15-12(5-4-6-12)8-11(13)14/h9-10H,4-8H2,1-3H3,(H,13,14). The number of carboxylic acid groups (broad SMARTS) is 1. The first kappa shape index (κ1) is 12.5. The van der Waals surface area contributed by atoms with E-state index in [-0.39, 0.29) is 18.1 Å². The minimum atomic E-state index is -0.744. The van der Waals surface area contributed by atoms with Crippen LogP contribution in [0.5, 0.6) is 0 Å². The summed E-state index contributed by atoms with van der Waals surface area (Å²) in [5.41, 5.74) is -0.347. The van der Waals surface area contributed by atoms with E-state index in [4.69, 9.17) is 9.84 Å². The maximum absolute atomic E-state index is 10.7. The maximum atomic E-state index is 10.7. The van der Waals surface area contributed by atoms with Crippen LogP contribution < -0.4 is 0 Å². The summed E-state index contributed by atoms with van der Waals surface area (Å²) in [7, 11) is 0. The van der Waals surface area contributed by atoms with E-state index in [1.807, 2.05) is 6.92 Å². The number of carboxylic acids is 1. The Balaban J connectivity index is 2.42. The van der Waals surface area contributed by atoms with Gasteiger partial charge in [0.1, 0.15) is 0 Å². The molecule has 0 heterocycles. The second-order valence-electron chi connectivity index (χ2n) is 5.17. The van der Waals surface area contributed by atoms with Crippen molar-refractivity contribution in [1.29, 1.82) is 0 Å². The molecule has 1 saturated carbocycles. The quantitative estimate of drug-likeness (QED) is 0.739. The van der Waals surface area contributed by atoms with Gasteiger partial charge in [0.15, 0.2) is 0 Å². The minimum absolute atomic E-state index is 0.162. The van der Waals surface area contributed by atoms with Gasteiger partial charge in [-0.15, -0.1) is 0 Å². The summed E-state index contributed by atoms with van der Waals surface area (Å²) in [5.74, 6) is -0.145. The van der Waals surface area contributed by atoms with Crippen LogP contribution in [-0.4, -0.2) is 22.8 Å². The van der Waals surface area contributed by atoms with Crippen LogP contribution in [0.3, 0.4) is 0 Å². The Bertz CT molecular complexity index is 219. The molecule has 0 aromatic heterocycles. The van der Waals surface area contributed by atoms with Gasteiger partial charge >= 0.3 is 5.97 Å². The monoisotopic (exact) mass is 214 g/mol. The fourth-order valence-corrected chi connectivity index (χ4v) is 2.32.